The van der Waals surface area contributed by atoms with Gasteiger partial charge in [0.2, 0.25) is 11.7 Å². The minimum Gasteiger partial charge on any atom is -0.497 e. The van der Waals surface area contributed by atoms with E-state index >= 15 is 0 Å². The first-order chi connectivity index (χ1) is 12.8. The molecule has 1 aliphatic heterocycles. The number of piperidine rings is 1. The minimum absolute atomic E-state index is 0.151. The van der Waals surface area contributed by atoms with Crippen LogP contribution in [-0.4, -0.2) is 33.7 Å². The Hall–Kier alpha value is -2.73. The summed E-state index contributed by atoms with van der Waals surface area (Å²) in [5.74, 6) is 2.20. The molecule has 0 aliphatic carbocycles. The van der Waals surface area contributed by atoms with E-state index in [0.29, 0.717) is 11.7 Å². The van der Waals surface area contributed by atoms with Crippen molar-refractivity contribution in [3.05, 3.63) is 60.2 Å². The fourth-order valence-corrected chi connectivity index (χ4v) is 3.45. The van der Waals surface area contributed by atoms with E-state index in [2.05, 4.69) is 32.2 Å². The minimum atomic E-state index is 0.151. The fraction of sp³-hybridized carbons (Fsp3) is 0.350. The molecule has 3 aromatic rings. The molecule has 0 unspecified atom stereocenters. The van der Waals surface area contributed by atoms with Gasteiger partial charge in [0.15, 0.2) is 0 Å². The third-order valence-electron chi connectivity index (χ3n) is 4.80. The third-order valence-corrected chi connectivity index (χ3v) is 4.80. The standard InChI is InChI=1S/C20H22N4O2/c1-25-17-6-4-5-15(13-17)14-24-12-3-2-7-18(24)20-22-19(23-26-20)16-8-10-21-11-9-16/h4-6,8-11,13,18H,2-3,7,12,14H2,1H3/t18-/m0/s1. The van der Waals surface area contributed by atoms with Crippen LogP contribution in [0.4, 0.5) is 0 Å². The predicted octanol–water partition coefficient (Wildman–Crippen LogP) is 3.87. The molecule has 6 heteroatoms. The van der Waals surface area contributed by atoms with Gasteiger partial charge in [-0.3, -0.25) is 9.88 Å². The van der Waals surface area contributed by atoms with E-state index in [4.69, 9.17) is 9.26 Å². The number of benzene rings is 1. The third kappa shape index (κ3) is 3.60. The number of rotatable bonds is 5. The van der Waals surface area contributed by atoms with Gasteiger partial charge in [0.25, 0.3) is 0 Å². The van der Waals surface area contributed by atoms with Gasteiger partial charge in [-0.05, 0) is 49.2 Å². The molecule has 0 saturated carbocycles. The number of methoxy groups -OCH3 is 1. The largest absolute Gasteiger partial charge is 0.497 e. The highest BCUT2D eigenvalue weighted by molar-refractivity contribution is 5.52. The second-order valence-corrected chi connectivity index (χ2v) is 6.53. The van der Waals surface area contributed by atoms with Gasteiger partial charge in [-0.1, -0.05) is 23.7 Å². The number of pyridine rings is 1. The molecule has 1 fully saturated rings. The van der Waals surface area contributed by atoms with Gasteiger partial charge in [-0.2, -0.15) is 4.98 Å². The van der Waals surface area contributed by atoms with E-state index in [1.807, 2.05) is 24.3 Å². The number of likely N-dealkylation sites (tertiary alicyclic amines) is 1. The Morgan fingerprint density at radius 3 is 2.92 bits per heavy atom. The number of hydrogen-bond acceptors (Lipinski definition) is 6. The first kappa shape index (κ1) is 16.7. The summed E-state index contributed by atoms with van der Waals surface area (Å²) in [5, 5.41) is 4.17. The SMILES string of the molecule is COc1cccc(CN2CCCC[C@H]2c2nc(-c3ccncc3)no2)c1. The van der Waals surface area contributed by atoms with Crippen molar-refractivity contribution in [3.8, 4) is 17.1 Å². The van der Waals surface area contributed by atoms with Crippen LogP contribution in [0.15, 0.2) is 53.3 Å². The monoisotopic (exact) mass is 350 g/mol. The normalized spacial score (nSPS) is 18.0. The van der Waals surface area contributed by atoms with Crippen molar-refractivity contribution >= 4 is 0 Å². The highest BCUT2D eigenvalue weighted by atomic mass is 16.5. The molecular weight excluding hydrogens is 328 g/mol. The molecule has 3 heterocycles. The molecule has 1 aliphatic rings. The summed E-state index contributed by atoms with van der Waals surface area (Å²) in [7, 11) is 1.70. The predicted molar refractivity (Wildman–Crippen MR) is 97.5 cm³/mol. The maximum atomic E-state index is 5.62. The smallest absolute Gasteiger partial charge is 0.244 e. The molecule has 26 heavy (non-hydrogen) atoms. The van der Waals surface area contributed by atoms with E-state index in [-0.39, 0.29) is 6.04 Å². The van der Waals surface area contributed by atoms with E-state index < -0.39 is 0 Å². The molecule has 0 amide bonds. The number of aromatic nitrogens is 3. The molecular formula is C20H22N4O2. The molecule has 1 atom stereocenters. The van der Waals surface area contributed by atoms with Crippen molar-refractivity contribution in [1.82, 2.24) is 20.0 Å². The Kier molecular flexibility index (Phi) is 4.93. The second kappa shape index (κ2) is 7.66. The molecule has 1 aromatic carbocycles. The first-order valence-corrected chi connectivity index (χ1v) is 8.94. The molecule has 0 N–H and O–H groups in total. The van der Waals surface area contributed by atoms with Crippen LogP contribution in [0.2, 0.25) is 0 Å². The molecule has 0 spiro atoms. The van der Waals surface area contributed by atoms with Crippen molar-refractivity contribution < 1.29 is 9.26 Å². The quantitative estimate of drug-likeness (QED) is 0.696. The van der Waals surface area contributed by atoms with Crippen LogP contribution < -0.4 is 4.74 Å². The lowest BCUT2D eigenvalue weighted by Crippen LogP contribution is -2.33. The van der Waals surface area contributed by atoms with Gasteiger partial charge in [0.1, 0.15) is 5.75 Å². The highest BCUT2D eigenvalue weighted by Crippen LogP contribution is 2.32. The zero-order valence-corrected chi connectivity index (χ0v) is 14.8. The van der Waals surface area contributed by atoms with Crippen molar-refractivity contribution in [2.24, 2.45) is 0 Å². The molecule has 2 aromatic heterocycles. The van der Waals surface area contributed by atoms with Crippen LogP contribution in [0, 0.1) is 0 Å². The average molecular weight is 350 g/mol. The lowest BCUT2D eigenvalue weighted by atomic mass is 10.0. The fourth-order valence-electron chi connectivity index (χ4n) is 3.45. The summed E-state index contributed by atoms with van der Waals surface area (Å²) in [6.45, 7) is 1.86. The maximum absolute atomic E-state index is 5.62. The summed E-state index contributed by atoms with van der Waals surface area (Å²) in [5.41, 5.74) is 2.15. The van der Waals surface area contributed by atoms with Gasteiger partial charge in [0.05, 0.1) is 13.2 Å². The Balaban J connectivity index is 1.55. The molecule has 6 nitrogen and oxygen atoms in total. The van der Waals surface area contributed by atoms with Gasteiger partial charge >= 0.3 is 0 Å². The lowest BCUT2D eigenvalue weighted by molar-refractivity contribution is 0.111. The first-order valence-electron chi connectivity index (χ1n) is 8.94. The lowest BCUT2D eigenvalue weighted by Gasteiger charge is -2.33. The summed E-state index contributed by atoms with van der Waals surface area (Å²) in [6.07, 6.45) is 6.86. The van der Waals surface area contributed by atoms with Gasteiger partial charge in [-0.25, -0.2) is 0 Å². The number of ether oxygens (including phenoxy) is 1. The van der Waals surface area contributed by atoms with Crippen molar-refractivity contribution in [2.45, 2.75) is 31.8 Å². The van der Waals surface area contributed by atoms with Gasteiger partial charge < -0.3 is 9.26 Å². The van der Waals surface area contributed by atoms with Crippen LogP contribution in [0.25, 0.3) is 11.4 Å². The number of hydrogen-bond donors (Lipinski definition) is 0. The highest BCUT2D eigenvalue weighted by Gasteiger charge is 2.29. The molecule has 134 valence electrons. The van der Waals surface area contributed by atoms with E-state index in [9.17, 15) is 0 Å². The van der Waals surface area contributed by atoms with E-state index in [1.54, 1.807) is 19.5 Å². The Labute approximate surface area is 152 Å². The zero-order valence-electron chi connectivity index (χ0n) is 14.8. The van der Waals surface area contributed by atoms with Crippen molar-refractivity contribution in [1.29, 1.82) is 0 Å². The molecule has 4 rings (SSSR count). The van der Waals surface area contributed by atoms with E-state index in [1.165, 1.54) is 18.4 Å². The van der Waals surface area contributed by atoms with E-state index in [0.717, 1.165) is 30.8 Å². The Bertz CT molecular complexity index is 850. The van der Waals surface area contributed by atoms with Crippen LogP contribution in [0.3, 0.4) is 0 Å². The Morgan fingerprint density at radius 2 is 2.08 bits per heavy atom. The second-order valence-electron chi connectivity index (χ2n) is 6.53. The topological polar surface area (TPSA) is 64.3 Å². The van der Waals surface area contributed by atoms with Gasteiger partial charge in [0, 0.05) is 24.5 Å². The van der Waals surface area contributed by atoms with Crippen LogP contribution in [0.1, 0.15) is 36.8 Å². The summed E-state index contributed by atoms with van der Waals surface area (Å²) in [6, 6.07) is 12.1. The summed E-state index contributed by atoms with van der Waals surface area (Å²) < 4.78 is 11.0. The van der Waals surface area contributed by atoms with Crippen molar-refractivity contribution in [3.63, 3.8) is 0 Å². The maximum Gasteiger partial charge on any atom is 0.244 e. The van der Waals surface area contributed by atoms with Crippen molar-refractivity contribution in [2.75, 3.05) is 13.7 Å². The molecule has 1 saturated heterocycles. The van der Waals surface area contributed by atoms with Gasteiger partial charge in [-0.15, -0.1) is 0 Å². The molecule has 0 radical (unpaired) electrons. The molecule has 0 bridgehead atoms. The zero-order chi connectivity index (χ0) is 17.8. The summed E-state index contributed by atoms with van der Waals surface area (Å²) >= 11 is 0. The average Bonchev–Trinajstić information content (AvgIpc) is 3.19. The van der Waals surface area contributed by atoms with Crippen LogP contribution >= 0.6 is 0 Å². The summed E-state index contributed by atoms with van der Waals surface area (Å²) in [4.78, 5) is 11.1. The van der Waals surface area contributed by atoms with Crippen LogP contribution in [-0.2, 0) is 6.54 Å². The Morgan fingerprint density at radius 1 is 1.19 bits per heavy atom. The number of nitrogens with zero attached hydrogens (tertiary/aromatic N) is 4. The van der Waals surface area contributed by atoms with Crippen LogP contribution in [0.5, 0.6) is 5.75 Å².